The molecule has 0 atom stereocenters. The highest BCUT2D eigenvalue weighted by molar-refractivity contribution is 7.16. The van der Waals surface area contributed by atoms with Gasteiger partial charge in [0.15, 0.2) is 0 Å². The first kappa shape index (κ1) is 18.3. The molecule has 0 aliphatic heterocycles. The van der Waals surface area contributed by atoms with Gasteiger partial charge in [-0.2, -0.15) is 5.10 Å². The summed E-state index contributed by atoms with van der Waals surface area (Å²) in [5.41, 5.74) is 5.68. The number of nitrogens with zero attached hydrogens (tertiary/aromatic N) is 3. The molecule has 5 rings (SSSR count). The van der Waals surface area contributed by atoms with Crippen LogP contribution >= 0.6 is 11.3 Å². The molecule has 2 heterocycles. The zero-order valence-electron chi connectivity index (χ0n) is 16.1. The normalized spacial score (nSPS) is 11.0. The Labute approximate surface area is 176 Å². The summed E-state index contributed by atoms with van der Waals surface area (Å²) in [5.74, 6) is 1.41. The molecule has 30 heavy (non-hydrogen) atoms. The van der Waals surface area contributed by atoms with Gasteiger partial charge in [0.05, 0.1) is 15.7 Å². The van der Waals surface area contributed by atoms with Gasteiger partial charge in [-0.05, 0) is 42.0 Å². The molecule has 5 nitrogen and oxygen atoms in total. The lowest BCUT2D eigenvalue weighted by atomic mass is 9.99. The predicted molar refractivity (Wildman–Crippen MR) is 120 cm³/mol. The third-order valence-electron chi connectivity index (χ3n) is 4.85. The molecule has 146 valence electrons. The summed E-state index contributed by atoms with van der Waals surface area (Å²) >= 11 is 1.59. The highest BCUT2D eigenvalue weighted by Crippen LogP contribution is 2.37. The Hall–Kier alpha value is -3.77. The second-order valence-electron chi connectivity index (χ2n) is 6.81. The Balaban J connectivity index is 1.70. The minimum Gasteiger partial charge on any atom is -0.457 e. The maximum Gasteiger partial charge on any atom is 0.267 e. The lowest BCUT2D eigenvalue weighted by Gasteiger charge is -2.14. The molecule has 0 fully saturated rings. The number of benzene rings is 3. The molecule has 0 aliphatic rings. The average molecular weight is 411 g/mol. The van der Waals surface area contributed by atoms with Crippen LogP contribution in [0.5, 0.6) is 11.5 Å². The molecule has 0 saturated heterocycles. The monoisotopic (exact) mass is 411 g/mol. The number of hydrogen-bond acceptors (Lipinski definition) is 5. The largest absolute Gasteiger partial charge is 0.457 e. The Morgan fingerprint density at radius 3 is 2.57 bits per heavy atom. The number of rotatable bonds is 4. The van der Waals surface area contributed by atoms with E-state index >= 15 is 0 Å². The summed E-state index contributed by atoms with van der Waals surface area (Å²) in [6, 6.07) is 25.0. The standard InChI is InChI=1S/C24H17N3O2S/c1-27-23(28)14-19(16-11-12-22-20(13-16)25-15-30-22)24(26-27)18-9-5-6-10-21(18)29-17-7-3-2-4-8-17/h2-15H,1H3. The minimum absolute atomic E-state index is 0.173. The van der Waals surface area contributed by atoms with E-state index in [9.17, 15) is 4.79 Å². The molecule has 3 aromatic carbocycles. The smallest absolute Gasteiger partial charge is 0.267 e. The maximum absolute atomic E-state index is 12.4. The third kappa shape index (κ3) is 3.38. The van der Waals surface area contributed by atoms with Crippen LogP contribution < -0.4 is 10.3 Å². The number of ether oxygens (including phenoxy) is 1. The van der Waals surface area contributed by atoms with Crippen LogP contribution in [0.2, 0.25) is 0 Å². The van der Waals surface area contributed by atoms with Crippen molar-refractivity contribution in [1.29, 1.82) is 0 Å². The van der Waals surface area contributed by atoms with E-state index in [0.717, 1.165) is 32.7 Å². The number of hydrogen-bond donors (Lipinski definition) is 0. The van der Waals surface area contributed by atoms with Crippen molar-refractivity contribution < 1.29 is 4.74 Å². The van der Waals surface area contributed by atoms with Crippen molar-refractivity contribution in [3.63, 3.8) is 0 Å². The first-order valence-electron chi connectivity index (χ1n) is 9.43. The van der Waals surface area contributed by atoms with Crippen LogP contribution in [0.4, 0.5) is 0 Å². The van der Waals surface area contributed by atoms with Crippen molar-refractivity contribution in [1.82, 2.24) is 14.8 Å². The average Bonchev–Trinajstić information content (AvgIpc) is 3.24. The molecule has 5 aromatic rings. The van der Waals surface area contributed by atoms with Crippen LogP contribution in [-0.2, 0) is 7.05 Å². The molecule has 0 spiro atoms. The van der Waals surface area contributed by atoms with Crippen LogP contribution in [0.25, 0.3) is 32.6 Å². The van der Waals surface area contributed by atoms with E-state index in [4.69, 9.17) is 4.74 Å². The summed E-state index contributed by atoms with van der Waals surface area (Å²) in [6.07, 6.45) is 0. The molecule has 0 radical (unpaired) electrons. The Morgan fingerprint density at radius 1 is 0.900 bits per heavy atom. The maximum atomic E-state index is 12.4. The Morgan fingerprint density at radius 2 is 1.70 bits per heavy atom. The van der Waals surface area contributed by atoms with Gasteiger partial charge in [0.25, 0.3) is 5.56 Å². The first-order valence-corrected chi connectivity index (χ1v) is 10.3. The summed E-state index contributed by atoms with van der Waals surface area (Å²) in [6.45, 7) is 0. The fourth-order valence-corrected chi connectivity index (χ4v) is 4.01. The molecular weight excluding hydrogens is 394 g/mol. The summed E-state index contributed by atoms with van der Waals surface area (Å²) < 4.78 is 8.59. The van der Waals surface area contributed by atoms with Crippen molar-refractivity contribution >= 4 is 21.6 Å². The molecule has 0 amide bonds. The van der Waals surface area contributed by atoms with E-state index in [1.165, 1.54) is 4.68 Å². The van der Waals surface area contributed by atoms with E-state index in [1.807, 2.05) is 78.3 Å². The van der Waals surface area contributed by atoms with Gasteiger partial charge < -0.3 is 4.74 Å². The van der Waals surface area contributed by atoms with E-state index in [2.05, 4.69) is 10.1 Å². The minimum atomic E-state index is -0.173. The summed E-state index contributed by atoms with van der Waals surface area (Å²) in [5, 5.41) is 4.60. The van der Waals surface area contributed by atoms with Gasteiger partial charge in [-0.1, -0.05) is 36.4 Å². The van der Waals surface area contributed by atoms with Crippen molar-refractivity contribution in [2.24, 2.45) is 7.05 Å². The van der Waals surface area contributed by atoms with Gasteiger partial charge >= 0.3 is 0 Å². The van der Waals surface area contributed by atoms with E-state index in [-0.39, 0.29) is 5.56 Å². The lowest BCUT2D eigenvalue weighted by molar-refractivity contribution is 0.484. The highest BCUT2D eigenvalue weighted by Gasteiger charge is 2.17. The SMILES string of the molecule is Cn1nc(-c2ccccc2Oc2ccccc2)c(-c2ccc3scnc3c2)cc1=O. The zero-order chi connectivity index (χ0) is 20.5. The fourth-order valence-electron chi connectivity index (χ4n) is 3.35. The fraction of sp³-hybridized carbons (Fsp3) is 0.0417. The molecule has 0 unspecified atom stereocenters. The number of aromatic nitrogens is 3. The van der Waals surface area contributed by atoms with Gasteiger partial charge in [-0.25, -0.2) is 9.67 Å². The Bertz CT molecular complexity index is 1410. The van der Waals surface area contributed by atoms with Crippen molar-refractivity contribution in [3.8, 4) is 33.9 Å². The van der Waals surface area contributed by atoms with Gasteiger partial charge in [-0.3, -0.25) is 4.79 Å². The first-order chi connectivity index (χ1) is 14.7. The second kappa shape index (κ2) is 7.57. The van der Waals surface area contributed by atoms with Crippen molar-refractivity contribution in [2.45, 2.75) is 0 Å². The molecule has 0 N–H and O–H groups in total. The molecule has 6 heteroatoms. The van der Waals surface area contributed by atoms with E-state index < -0.39 is 0 Å². The van der Waals surface area contributed by atoms with Gasteiger partial charge in [-0.15, -0.1) is 11.3 Å². The lowest BCUT2D eigenvalue weighted by Crippen LogP contribution is -2.19. The zero-order valence-corrected chi connectivity index (χ0v) is 17.0. The van der Waals surface area contributed by atoms with Crippen molar-refractivity contribution in [2.75, 3.05) is 0 Å². The number of para-hydroxylation sites is 2. The molecular formula is C24H17N3O2S. The van der Waals surface area contributed by atoms with Crippen LogP contribution in [0.3, 0.4) is 0 Å². The van der Waals surface area contributed by atoms with Crippen LogP contribution in [0.1, 0.15) is 0 Å². The molecule has 0 saturated carbocycles. The number of thiazole rings is 1. The molecule has 0 bridgehead atoms. The molecule has 2 aromatic heterocycles. The van der Waals surface area contributed by atoms with E-state index in [0.29, 0.717) is 11.4 Å². The van der Waals surface area contributed by atoms with E-state index in [1.54, 1.807) is 24.5 Å². The third-order valence-corrected chi connectivity index (χ3v) is 5.66. The topological polar surface area (TPSA) is 57.0 Å². The molecule has 0 aliphatic carbocycles. The quantitative estimate of drug-likeness (QED) is 0.391. The van der Waals surface area contributed by atoms with Crippen molar-refractivity contribution in [3.05, 3.63) is 94.7 Å². The summed E-state index contributed by atoms with van der Waals surface area (Å²) in [7, 11) is 1.65. The van der Waals surface area contributed by atoms with Crippen LogP contribution in [0.15, 0.2) is 89.2 Å². The number of fused-ring (bicyclic) bond motifs is 1. The summed E-state index contributed by atoms with van der Waals surface area (Å²) in [4.78, 5) is 16.9. The predicted octanol–water partition coefficient (Wildman–Crippen LogP) is 5.52. The number of aryl methyl sites for hydroxylation is 1. The van der Waals surface area contributed by atoms with Crippen LogP contribution in [-0.4, -0.2) is 14.8 Å². The van der Waals surface area contributed by atoms with Gasteiger partial charge in [0.1, 0.15) is 17.2 Å². The highest BCUT2D eigenvalue weighted by atomic mass is 32.1. The van der Waals surface area contributed by atoms with Gasteiger partial charge in [0, 0.05) is 24.2 Å². The second-order valence-corrected chi connectivity index (χ2v) is 7.70. The Kier molecular flexibility index (Phi) is 4.61. The van der Waals surface area contributed by atoms with Crippen LogP contribution in [0, 0.1) is 0 Å². The van der Waals surface area contributed by atoms with Gasteiger partial charge in [0.2, 0.25) is 0 Å².